The molecular weight excluding hydrogens is 441 g/mol. The third-order valence-electron chi connectivity index (χ3n) is 5.44. The van der Waals surface area contributed by atoms with Crippen molar-refractivity contribution < 1.29 is 27.3 Å². The summed E-state index contributed by atoms with van der Waals surface area (Å²) in [5.41, 5.74) is 2.50. The van der Waals surface area contributed by atoms with Crippen LogP contribution in [-0.2, 0) is 12.8 Å². The van der Waals surface area contributed by atoms with Crippen molar-refractivity contribution >= 4 is 28.8 Å². The number of benzene rings is 1. The number of hydrogen-bond acceptors (Lipinski definition) is 4. The van der Waals surface area contributed by atoms with Gasteiger partial charge in [-0.25, -0.2) is 4.68 Å². The Morgan fingerprint density at radius 1 is 1.23 bits per heavy atom. The molecule has 160 valence electrons. The number of rotatable bonds is 6. The second-order valence-corrected chi connectivity index (χ2v) is 9.12. The summed E-state index contributed by atoms with van der Waals surface area (Å²) in [7, 11) is 1.58. The number of ether oxygens (including phenoxy) is 1. The highest BCUT2D eigenvalue weighted by Crippen LogP contribution is 2.27. The van der Waals surface area contributed by atoms with E-state index in [1.54, 1.807) is 29.2 Å². The second-order valence-electron chi connectivity index (χ2n) is 7.32. The van der Waals surface area contributed by atoms with Crippen LogP contribution in [0.2, 0.25) is 4.34 Å². The van der Waals surface area contributed by atoms with Crippen molar-refractivity contribution in [2.75, 3.05) is 20.2 Å². The molecule has 0 unspecified atom stereocenters. The summed E-state index contributed by atoms with van der Waals surface area (Å²) in [5, 5.41) is 7.12. The number of piperidine rings is 1. The van der Waals surface area contributed by atoms with Gasteiger partial charge in [-0.05, 0) is 43.2 Å². The van der Waals surface area contributed by atoms with Crippen molar-refractivity contribution in [3.8, 4) is 5.75 Å². The summed E-state index contributed by atoms with van der Waals surface area (Å²) < 4.78 is 7.78. The van der Waals surface area contributed by atoms with Crippen LogP contribution < -0.4 is 22.5 Å². The van der Waals surface area contributed by atoms with E-state index in [2.05, 4.69) is 11.4 Å². The first-order valence-electron chi connectivity index (χ1n) is 9.98. The molecule has 2 N–H and O–H groups in total. The highest BCUT2D eigenvalue weighted by atomic mass is 35.5. The zero-order valence-corrected chi connectivity index (χ0v) is 19.1. The van der Waals surface area contributed by atoms with Crippen molar-refractivity contribution in [1.29, 1.82) is 0 Å². The molecule has 2 aromatic heterocycles. The fraction of sp³-hybridized carbons (Fsp3) is 0.364. The Kier molecular flexibility index (Phi) is 7.94. The van der Waals surface area contributed by atoms with Crippen LogP contribution in [0.5, 0.6) is 5.75 Å². The van der Waals surface area contributed by atoms with E-state index >= 15 is 0 Å². The van der Waals surface area contributed by atoms with Crippen molar-refractivity contribution in [3.63, 3.8) is 0 Å². The molecule has 1 saturated heterocycles. The van der Waals surface area contributed by atoms with Crippen molar-refractivity contribution in [2.24, 2.45) is 0 Å². The molecule has 0 atom stereocenters. The van der Waals surface area contributed by atoms with Crippen molar-refractivity contribution in [3.05, 3.63) is 68.6 Å². The minimum Gasteiger partial charge on any atom is -1.00 e. The third kappa shape index (κ3) is 5.06. The molecule has 0 bridgehead atoms. The molecule has 0 saturated carbocycles. The van der Waals surface area contributed by atoms with Gasteiger partial charge in [-0.2, -0.15) is 5.10 Å². The summed E-state index contributed by atoms with van der Waals surface area (Å²) >= 11 is 7.66. The summed E-state index contributed by atoms with van der Waals surface area (Å²) in [6.07, 6.45) is 3.77. The number of quaternary nitrogens is 1. The van der Waals surface area contributed by atoms with E-state index in [9.17, 15) is 4.79 Å². The SMILES string of the molecule is COc1ccccc1C(=O)n1nc(C2CC[NH2+]CC2)cc1CCc1ccc(Cl)s1.[Cl-]. The van der Waals surface area contributed by atoms with Gasteiger partial charge in [0.25, 0.3) is 5.91 Å². The first-order valence-corrected chi connectivity index (χ1v) is 11.2. The van der Waals surface area contributed by atoms with Gasteiger partial charge in [-0.1, -0.05) is 23.7 Å². The Bertz CT molecular complexity index is 996. The average Bonchev–Trinajstić information content (AvgIpc) is 3.38. The lowest BCUT2D eigenvalue weighted by atomic mass is 9.94. The van der Waals surface area contributed by atoms with Gasteiger partial charge >= 0.3 is 0 Å². The molecule has 3 heterocycles. The summed E-state index contributed by atoms with van der Waals surface area (Å²) in [6, 6.07) is 13.4. The first-order chi connectivity index (χ1) is 14.2. The molecule has 0 aliphatic carbocycles. The zero-order valence-electron chi connectivity index (χ0n) is 16.8. The van der Waals surface area contributed by atoms with Crippen LogP contribution in [-0.4, -0.2) is 35.9 Å². The summed E-state index contributed by atoms with van der Waals surface area (Å²) in [6.45, 7) is 2.22. The van der Waals surface area contributed by atoms with Gasteiger partial charge in [0, 0.05) is 29.3 Å². The van der Waals surface area contributed by atoms with Crippen molar-refractivity contribution in [1.82, 2.24) is 9.78 Å². The monoisotopic (exact) mass is 465 g/mol. The minimum absolute atomic E-state index is 0. The number of aromatic nitrogens is 2. The standard InChI is InChI=1S/C22H24ClN3O2S.ClH/c1-28-20-5-3-2-4-18(20)22(27)26-16(6-7-17-8-9-21(23)29-17)14-19(25-26)15-10-12-24-13-11-15;/h2-5,8-9,14-15,24H,6-7,10-13H2,1H3;1H. The first kappa shape index (κ1) is 22.8. The lowest BCUT2D eigenvalue weighted by molar-refractivity contribution is -0.663. The number of carbonyl (C=O) groups is 1. The van der Waals surface area contributed by atoms with Crippen LogP contribution in [0.4, 0.5) is 0 Å². The van der Waals surface area contributed by atoms with Gasteiger partial charge in [0.1, 0.15) is 5.75 Å². The molecule has 4 rings (SSSR count). The number of halogens is 2. The van der Waals surface area contributed by atoms with Gasteiger partial charge < -0.3 is 22.5 Å². The Morgan fingerprint density at radius 2 is 2.00 bits per heavy atom. The molecule has 3 aromatic rings. The molecule has 1 aliphatic heterocycles. The number of aryl methyl sites for hydroxylation is 2. The van der Waals surface area contributed by atoms with E-state index in [-0.39, 0.29) is 18.3 Å². The smallest absolute Gasteiger partial charge is 0.282 e. The van der Waals surface area contributed by atoms with E-state index in [0.717, 1.165) is 54.5 Å². The Labute approximate surface area is 191 Å². The molecule has 30 heavy (non-hydrogen) atoms. The van der Waals surface area contributed by atoms with Crippen molar-refractivity contribution in [2.45, 2.75) is 31.6 Å². The van der Waals surface area contributed by atoms with Crippen LogP contribution >= 0.6 is 22.9 Å². The van der Waals surface area contributed by atoms with Gasteiger partial charge in [-0.15, -0.1) is 11.3 Å². The molecule has 1 aromatic carbocycles. The summed E-state index contributed by atoms with van der Waals surface area (Å²) in [5.74, 6) is 0.842. The van der Waals surface area contributed by atoms with E-state index in [1.165, 1.54) is 4.88 Å². The van der Waals surface area contributed by atoms with Gasteiger partial charge in [0.2, 0.25) is 0 Å². The van der Waals surface area contributed by atoms with Crippen LogP contribution in [0.3, 0.4) is 0 Å². The Hall–Kier alpha value is -1.86. The second kappa shape index (κ2) is 10.4. The van der Waals surface area contributed by atoms with Crippen LogP contribution in [0.25, 0.3) is 0 Å². The fourth-order valence-electron chi connectivity index (χ4n) is 3.89. The van der Waals surface area contributed by atoms with Crippen LogP contribution in [0.1, 0.15) is 45.4 Å². The van der Waals surface area contributed by atoms with Gasteiger partial charge in [0.05, 0.1) is 35.8 Å². The largest absolute Gasteiger partial charge is 1.00 e. The molecule has 5 nitrogen and oxygen atoms in total. The summed E-state index contributed by atoms with van der Waals surface area (Å²) in [4.78, 5) is 14.6. The number of carbonyl (C=O) groups excluding carboxylic acids is 1. The highest BCUT2D eigenvalue weighted by molar-refractivity contribution is 7.16. The van der Waals surface area contributed by atoms with Crippen LogP contribution in [0.15, 0.2) is 42.5 Å². The molecule has 8 heteroatoms. The van der Waals surface area contributed by atoms with Gasteiger partial charge in [0.15, 0.2) is 0 Å². The molecule has 1 fully saturated rings. The predicted molar refractivity (Wildman–Crippen MR) is 115 cm³/mol. The fourth-order valence-corrected chi connectivity index (χ4v) is 4.98. The normalized spacial score (nSPS) is 14.3. The highest BCUT2D eigenvalue weighted by Gasteiger charge is 2.25. The number of nitrogens with zero attached hydrogens (tertiary/aromatic N) is 2. The number of hydrogen-bond donors (Lipinski definition) is 1. The number of para-hydroxylation sites is 1. The molecule has 1 aliphatic rings. The quantitative estimate of drug-likeness (QED) is 0.577. The number of methoxy groups -OCH3 is 1. The lowest BCUT2D eigenvalue weighted by Gasteiger charge is -2.18. The van der Waals surface area contributed by atoms with E-state index in [4.69, 9.17) is 21.4 Å². The van der Waals surface area contributed by atoms with E-state index < -0.39 is 0 Å². The minimum atomic E-state index is -0.143. The maximum absolute atomic E-state index is 13.4. The number of nitrogens with two attached hydrogens (primary N) is 1. The predicted octanol–water partition coefficient (Wildman–Crippen LogP) is 0.525. The zero-order chi connectivity index (χ0) is 20.2. The molecule has 0 amide bonds. The van der Waals surface area contributed by atoms with E-state index in [1.807, 2.05) is 30.3 Å². The lowest BCUT2D eigenvalue weighted by Crippen LogP contribution is -3.00. The molecule has 0 spiro atoms. The maximum atomic E-state index is 13.4. The average molecular weight is 466 g/mol. The number of thiophene rings is 1. The van der Waals surface area contributed by atoms with Gasteiger partial charge in [-0.3, -0.25) is 4.79 Å². The molecule has 0 radical (unpaired) electrons. The Balaban J connectivity index is 0.00000256. The van der Waals surface area contributed by atoms with Crippen LogP contribution in [0, 0.1) is 0 Å². The van der Waals surface area contributed by atoms with E-state index in [0.29, 0.717) is 17.2 Å². The molecular formula is C22H25Cl2N3O2S. The third-order valence-corrected chi connectivity index (χ3v) is 6.74. The topological polar surface area (TPSA) is 60.7 Å². The maximum Gasteiger partial charge on any atom is 0.282 e. The Morgan fingerprint density at radius 3 is 2.70 bits per heavy atom.